The van der Waals surface area contributed by atoms with Gasteiger partial charge in [0, 0.05) is 36.1 Å². The summed E-state index contributed by atoms with van der Waals surface area (Å²) < 4.78 is 1.82. The molecule has 1 amide bonds. The van der Waals surface area contributed by atoms with Gasteiger partial charge in [-0.3, -0.25) is 9.59 Å². The van der Waals surface area contributed by atoms with Crippen LogP contribution < -0.4 is 5.32 Å². The number of aromatic nitrogens is 4. The Labute approximate surface area is 161 Å². The van der Waals surface area contributed by atoms with Gasteiger partial charge in [0.25, 0.3) is 0 Å². The Morgan fingerprint density at radius 3 is 2.71 bits per heavy atom. The number of carbonyl (C=O) groups excluding carboxylic acids is 2. The van der Waals surface area contributed by atoms with Gasteiger partial charge in [-0.1, -0.05) is 31.2 Å². The van der Waals surface area contributed by atoms with Crippen LogP contribution in [0, 0.1) is 0 Å². The van der Waals surface area contributed by atoms with Crippen LogP contribution in [-0.4, -0.2) is 31.3 Å². The predicted octanol–water partition coefficient (Wildman–Crippen LogP) is 3.54. The first kappa shape index (κ1) is 17.9. The summed E-state index contributed by atoms with van der Waals surface area (Å²) in [5.74, 6) is -0.0874. The van der Waals surface area contributed by atoms with E-state index in [0.29, 0.717) is 23.2 Å². The van der Waals surface area contributed by atoms with Gasteiger partial charge < -0.3 is 9.88 Å². The van der Waals surface area contributed by atoms with Crippen LogP contribution >= 0.6 is 0 Å². The molecular weight excluding hydrogens is 354 g/mol. The van der Waals surface area contributed by atoms with Gasteiger partial charge >= 0.3 is 0 Å². The van der Waals surface area contributed by atoms with E-state index < -0.39 is 0 Å². The van der Waals surface area contributed by atoms with E-state index in [1.807, 2.05) is 47.9 Å². The second kappa shape index (κ2) is 7.26. The summed E-state index contributed by atoms with van der Waals surface area (Å²) in [5, 5.41) is 12.4. The molecule has 0 saturated heterocycles. The molecule has 0 spiro atoms. The van der Waals surface area contributed by atoms with E-state index in [1.165, 1.54) is 4.80 Å². The first-order chi connectivity index (χ1) is 13.6. The fraction of sp³-hybridized carbons (Fsp3) is 0.238. The standard InChI is InChI=1S/C21H21N5O2/c1-3-7-19(27)15-12-26(18-11-5-4-8-14(15)18)13-20(28)22-16-9-6-10-17-21(16)24-25(2)23-17/h4-6,8-12H,3,7,13H2,1-2H3,(H,22,28). The number of anilines is 1. The molecule has 142 valence electrons. The molecule has 2 aromatic heterocycles. The largest absolute Gasteiger partial charge is 0.337 e. The number of benzene rings is 2. The molecule has 0 atom stereocenters. The molecule has 0 fully saturated rings. The maximum atomic E-state index is 12.7. The smallest absolute Gasteiger partial charge is 0.244 e. The summed E-state index contributed by atoms with van der Waals surface area (Å²) in [6.07, 6.45) is 3.07. The molecule has 0 bridgehead atoms. The van der Waals surface area contributed by atoms with Gasteiger partial charge in [0.05, 0.1) is 5.69 Å². The molecular formula is C21H21N5O2. The van der Waals surface area contributed by atoms with Crippen LogP contribution in [0.4, 0.5) is 5.69 Å². The van der Waals surface area contributed by atoms with Gasteiger partial charge in [0.1, 0.15) is 17.6 Å². The molecule has 28 heavy (non-hydrogen) atoms. The van der Waals surface area contributed by atoms with Crippen molar-refractivity contribution in [1.82, 2.24) is 19.6 Å². The molecule has 0 aliphatic carbocycles. The summed E-state index contributed by atoms with van der Waals surface area (Å²) in [5.41, 5.74) is 3.53. The molecule has 0 saturated carbocycles. The third-order valence-corrected chi connectivity index (χ3v) is 4.67. The van der Waals surface area contributed by atoms with Crippen LogP contribution in [0.2, 0.25) is 0 Å². The Kier molecular flexibility index (Phi) is 4.65. The van der Waals surface area contributed by atoms with Crippen LogP contribution in [0.15, 0.2) is 48.7 Å². The van der Waals surface area contributed by atoms with Crippen molar-refractivity contribution in [1.29, 1.82) is 0 Å². The predicted molar refractivity (Wildman–Crippen MR) is 108 cm³/mol. The molecule has 2 aromatic carbocycles. The van der Waals surface area contributed by atoms with Crippen LogP contribution in [0.5, 0.6) is 0 Å². The Balaban J connectivity index is 1.62. The lowest BCUT2D eigenvalue weighted by molar-refractivity contribution is -0.116. The number of carbonyl (C=O) groups is 2. The third-order valence-electron chi connectivity index (χ3n) is 4.67. The maximum Gasteiger partial charge on any atom is 0.244 e. The molecule has 4 rings (SSSR count). The number of fused-ring (bicyclic) bond motifs is 2. The van der Waals surface area contributed by atoms with Crippen molar-refractivity contribution in [3.63, 3.8) is 0 Å². The fourth-order valence-electron chi connectivity index (χ4n) is 3.45. The summed E-state index contributed by atoms with van der Waals surface area (Å²) >= 11 is 0. The number of rotatable bonds is 6. The van der Waals surface area contributed by atoms with Crippen molar-refractivity contribution >= 4 is 39.3 Å². The van der Waals surface area contributed by atoms with Crippen molar-refractivity contribution in [2.24, 2.45) is 7.05 Å². The van der Waals surface area contributed by atoms with Gasteiger partial charge in [0.15, 0.2) is 5.78 Å². The minimum Gasteiger partial charge on any atom is -0.337 e. The van der Waals surface area contributed by atoms with Crippen molar-refractivity contribution < 1.29 is 9.59 Å². The lowest BCUT2D eigenvalue weighted by atomic mass is 10.1. The topological polar surface area (TPSA) is 81.8 Å². The van der Waals surface area contributed by atoms with Crippen LogP contribution in [0.25, 0.3) is 21.9 Å². The molecule has 4 aromatic rings. The molecule has 0 aliphatic heterocycles. The van der Waals surface area contributed by atoms with Crippen molar-refractivity contribution in [2.75, 3.05) is 5.32 Å². The lowest BCUT2D eigenvalue weighted by Gasteiger charge is -2.07. The lowest BCUT2D eigenvalue weighted by Crippen LogP contribution is -2.18. The zero-order valence-electron chi connectivity index (χ0n) is 15.8. The normalized spacial score (nSPS) is 11.2. The molecule has 0 unspecified atom stereocenters. The van der Waals surface area contributed by atoms with E-state index >= 15 is 0 Å². The molecule has 0 aliphatic rings. The average molecular weight is 375 g/mol. The summed E-state index contributed by atoms with van der Waals surface area (Å²) in [6.45, 7) is 2.09. The number of hydrogen-bond acceptors (Lipinski definition) is 4. The number of Topliss-reactive ketones (excluding diaryl/α,β-unsaturated/α-hetero) is 1. The van der Waals surface area contributed by atoms with Crippen molar-refractivity contribution in [3.05, 3.63) is 54.2 Å². The molecule has 1 N–H and O–H groups in total. The Hall–Kier alpha value is -3.48. The highest BCUT2D eigenvalue weighted by atomic mass is 16.2. The minimum absolute atomic E-state index is 0.0992. The summed E-state index contributed by atoms with van der Waals surface area (Å²) in [4.78, 5) is 26.7. The number of nitrogens with zero attached hydrogens (tertiary/aromatic N) is 4. The van der Waals surface area contributed by atoms with Gasteiger partial charge in [-0.05, 0) is 24.6 Å². The summed E-state index contributed by atoms with van der Waals surface area (Å²) in [7, 11) is 1.74. The highest BCUT2D eigenvalue weighted by Crippen LogP contribution is 2.24. The first-order valence-electron chi connectivity index (χ1n) is 9.27. The fourth-order valence-corrected chi connectivity index (χ4v) is 3.45. The molecule has 2 heterocycles. The Bertz CT molecular complexity index is 1190. The van der Waals surface area contributed by atoms with E-state index in [2.05, 4.69) is 15.5 Å². The van der Waals surface area contributed by atoms with E-state index in [0.717, 1.165) is 22.8 Å². The molecule has 0 radical (unpaired) electrons. The van der Waals surface area contributed by atoms with Crippen LogP contribution in [0.3, 0.4) is 0 Å². The highest BCUT2D eigenvalue weighted by molar-refractivity contribution is 6.08. The monoisotopic (exact) mass is 375 g/mol. The molecule has 7 heteroatoms. The van der Waals surface area contributed by atoms with Crippen molar-refractivity contribution in [3.8, 4) is 0 Å². The van der Waals surface area contributed by atoms with Gasteiger partial charge in [-0.25, -0.2) is 0 Å². The zero-order chi connectivity index (χ0) is 19.7. The van der Waals surface area contributed by atoms with E-state index in [-0.39, 0.29) is 18.2 Å². The minimum atomic E-state index is -0.187. The number of amides is 1. The van der Waals surface area contributed by atoms with Gasteiger partial charge in [-0.15, -0.1) is 0 Å². The SMILES string of the molecule is CCCC(=O)c1cn(CC(=O)Nc2cccc3nn(C)nc23)c2ccccc12. The van der Waals surface area contributed by atoms with Crippen LogP contribution in [-0.2, 0) is 18.4 Å². The quantitative estimate of drug-likeness (QED) is 0.523. The highest BCUT2D eigenvalue weighted by Gasteiger charge is 2.16. The van der Waals surface area contributed by atoms with Crippen molar-refractivity contribution in [2.45, 2.75) is 26.3 Å². The second-order valence-electron chi connectivity index (χ2n) is 6.77. The van der Waals surface area contributed by atoms with Gasteiger partial charge in [0.2, 0.25) is 5.91 Å². The van der Waals surface area contributed by atoms with E-state index in [9.17, 15) is 9.59 Å². The van der Waals surface area contributed by atoms with Gasteiger partial charge in [-0.2, -0.15) is 15.0 Å². The number of hydrogen-bond donors (Lipinski definition) is 1. The van der Waals surface area contributed by atoms with Crippen LogP contribution in [0.1, 0.15) is 30.1 Å². The average Bonchev–Trinajstić information content (AvgIpc) is 3.23. The summed E-state index contributed by atoms with van der Waals surface area (Å²) in [6, 6.07) is 13.2. The number of ketones is 1. The number of aryl methyl sites for hydroxylation is 1. The van der Waals surface area contributed by atoms with E-state index in [4.69, 9.17) is 0 Å². The van der Waals surface area contributed by atoms with E-state index in [1.54, 1.807) is 19.3 Å². The zero-order valence-corrected chi connectivity index (χ0v) is 15.8. The first-order valence-corrected chi connectivity index (χ1v) is 9.27. The number of para-hydroxylation sites is 1. The molecule has 7 nitrogen and oxygen atoms in total. The number of nitrogens with one attached hydrogen (secondary N) is 1. The second-order valence-corrected chi connectivity index (χ2v) is 6.77. The maximum absolute atomic E-state index is 12.7. The Morgan fingerprint density at radius 1 is 1.07 bits per heavy atom. The third kappa shape index (κ3) is 3.26. The Morgan fingerprint density at radius 2 is 1.89 bits per heavy atom.